The van der Waals surface area contributed by atoms with E-state index in [0.717, 1.165) is 55.2 Å². The van der Waals surface area contributed by atoms with Crippen molar-refractivity contribution in [3.63, 3.8) is 0 Å². The normalized spacial score (nSPS) is 12.7. The number of anilines is 1. The average molecular weight is 623 g/mol. The highest BCUT2D eigenvalue weighted by molar-refractivity contribution is 7.91. The molecule has 0 aromatic heterocycles. The van der Waals surface area contributed by atoms with Gasteiger partial charge in [0.2, 0.25) is 0 Å². The van der Waals surface area contributed by atoms with Gasteiger partial charge in [-0.1, -0.05) is 163 Å². The number of rotatable bonds is 21. The molecule has 1 N–H and O–H groups in total. The molecule has 1 aromatic carbocycles. The molecule has 0 spiro atoms. The number of aryl methyl sites for hydroxylation is 1. The highest BCUT2D eigenvalue weighted by atomic mass is 32.2. The lowest BCUT2D eigenvalue weighted by Crippen LogP contribution is -2.48. The van der Waals surface area contributed by atoms with Crippen LogP contribution in [0.1, 0.15) is 175 Å². The molecule has 0 saturated heterocycles. The molecule has 250 valence electrons. The molecule has 0 atom stereocenters. The third-order valence-electron chi connectivity index (χ3n) is 8.33. The lowest BCUT2D eigenvalue weighted by atomic mass is 9.77. The first kappa shape index (κ1) is 39.4. The number of unbranched alkanes of at least 4 members (excludes halogenated alkanes) is 14. The maximum absolute atomic E-state index is 14.5. The molecule has 1 rings (SSSR count). The number of hydrogen-bond acceptors (Lipinski definition) is 3. The quantitative estimate of drug-likeness (QED) is 0.138. The summed E-state index contributed by atoms with van der Waals surface area (Å²) in [5.41, 5.74) is 1.87. The fraction of sp³-hybridized carbons (Fsp3) is 0.806. The second kappa shape index (κ2) is 19.0. The molecule has 43 heavy (non-hydrogen) atoms. The second-order valence-corrected chi connectivity index (χ2v) is 16.4. The van der Waals surface area contributed by atoms with Crippen molar-refractivity contribution in [1.82, 2.24) is 4.31 Å². The number of amides is 1. The molecule has 0 fully saturated rings. The first-order chi connectivity index (χ1) is 20.1. The van der Waals surface area contributed by atoms with Gasteiger partial charge in [0.25, 0.3) is 0 Å². The van der Waals surface area contributed by atoms with Gasteiger partial charge in [-0.2, -0.15) is 17.0 Å². The molecule has 0 aliphatic carbocycles. The fourth-order valence-electron chi connectivity index (χ4n) is 5.75. The Morgan fingerprint density at radius 2 is 0.977 bits per heavy atom. The van der Waals surface area contributed by atoms with Gasteiger partial charge >= 0.3 is 16.3 Å². The van der Waals surface area contributed by atoms with Crippen LogP contribution < -0.4 is 4.31 Å². The van der Waals surface area contributed by atoms with E-state index in [0.29, 0.717) is 23.1 Å². The molecule has 0 heterocycles. The van der Waals surface area contributed by atoms with Crippen LogP contribution in [-0.2, 0) is 21.0 Å². The number of nitrogens with zero attached hydrogens (tertiary/aromatic N) is 2. The minimum atomic E-state index is -4.34. The van der Waals surface area contributed by atoms with Crippen molar-refractivity contribution in [1.29, 1.82) is 0 Å². The van der Waals surface area contributed by atoms with Crippen LogP contribution in [0.15, 0.2) is 12.1 Å². The number of hydrogen-bond donors (Lipinski definition) is 1. The Morgan fingerprint density at radius 1 is 0.651 bits per heavy atom. The van der Waals surface area contributed by atoms with Crippen molar-refractivity contribution >= 4 is 22.0 Å². The van der Waals surface area contributed by atoms with Crippen LogP contribution in [0.2, 0.25) is 0 Å². The van der Waals surface area contributed by atoms with Crippen LogP contribution in [0.5, 0.6) is 0 Å². The van der Waals surface area contributed by atoms with E-state index >= 15 is 0 Å². The van der Waals surface area contributed by atoms with Gasteiger partial charge in [-0.3, -0.25) is 0 Å². The molecule has 0 radical (unpaired) electrons. The van der Waals surface area contributed by atoms with Crippen molar-refractivity contribution in [2.75, 3.05) is 17.4 Å². The van der Waals surface area contributed by atoms with Gasteiger partial charge in [-0.05, 0) is 41.7 Å². The lowest BCUT2D eigenvalue weighted by molar-refractivity contribution is 0.205. The summed E-state index contributed by atoms with van der Waals surface area (Å²) in [4.78, 5) is 13.0. The standard InChI is InChI=1S/C36H66N2O4S/c1-10-12-14-16-18-20-22-24-26-37(27-25-23-21-19-17-15-13-11-2)43(41,42)38(34(39)40)33-31(35(4,5)6)28-30(3)29-32(33)36(7,8)9/h28-29H,10-27H2,1-9H3,(H,39,40). The van der Waals surface area contributed by atoms with Gasteiger partial charge in [0, 0.05) is 13.1 Å². The molecule has 0 aliphatic rings. The summed E-state index contributed by atoms with van der Waals surface area (Å²) in [7, 11) is -4.34. The summed E-state index contributed by atoms with van der Waals surface area (Å²) in [6.45, 7) is 19.2. The van der Waals surface area contributed by atoms with Crippen molar-refractivity contribution in [2.45, 2.75) is 176 Å². The van der Waals surface area contributed by atoms with Crippen molar-refractivity contribution in [3.8, 4) is 0 Å². The van der Waals surface area contributed by atoms with E-state index in [9.17, 15) is 18.3 Å². The maximum atomic E-state index is 14.5. The van der Waals surface area contributed by atoms with Crippen LogP contribution >= 0.6 is 0 Å². The van der Waals surface area contributed by atoms with E-state index in [1.165, 1.54) is 68.5 Å². The third kappa shape index (κ3) is 13.5. The Morgan fingerprint density at radius 3 is 1.28 bits per heavy atom. The fourth-order valence-corrected chi connectivity index (χ4v) is 7.33. The summed E-state index contributed by atoms with van der Waals surface area (Å²) in [5.74, 6) is 0. The molecule has 6 nitrogen and oxygen atoms in total. The molecule has 1 aromatic rings. The van der Waals surface area contributed by atoms with E-state index in [4.69, 9.17) is 0 Å². The number of carbonyl (C=O) groups is 1. The molecule has 7 heteroatoms. The summed E-state index contributed by atoms with van der Waals surface area (Å²) < 4.78 is 31.1. The minimum absolute atomic E-state index is 0.301. The molecule has 0 saturated carbocycles. The molecule has 1 amide bonds. The molecule has 0 bridgehead atoms. The summed E-state index contributed by atoms with van der Waals surface area (Å²) in [6.07, 6.45) is 16.4. The highest BCUT2D eigenvalue weighted by Gasteiger charge is 2.40. The van der Waals surface area contributed by atoms with E-state index < -0.39 is 27.1 Å². The largest absolute Gasteiger partial charge is 0.464 e. The zero-order chi connectivity index (χ0) is 32.7. The highest BCUT2D eigenvalue weighted by Crippen LogP contribution is 2.42. The first-order valence-corrected chi connectivity index (χ1v) is 18.7. The van der Waals surface area contributed by atoms with Crippen molar-refractivity contribution in [2.24, 2.45) is 0 Å². The van der Waals surface area contributed by atoms with E-state index in [1.807, 2.05) is 60.6 Å². The summed E-state index contributed by atoms with van der Waals surface area (Å²) in [5, 5.41) is 10.6. The molecule has 0 unspecified atom stereocenters. The van der Waals surface area contributed by atoms with Gasteiger partial charge in [-0.15, -0.1) is 0 Å². The first-order valence-electron chi connectivity index (χ1n) is 17.3. The Kier molecular flexibility index (Phi) is 17.5. The zero-order valence-electron chi connectivity index (χ0n) is 29.4. The van der Waals surface area contributed by atoms with Crippen LogP contribution in [0, 0.1) is 6.92 Å². The van der Waals surface area contributed by atoms with E-state index in [1.54, 1.807) is 0 Å². The smallest absolute Gasteiger partial charge is 0.426 e. The van der Waals surface area contributed by atoms with Crippen LogP contribution in [0.25, 0.3) is 0 Å². The van der Waals surface area contributed by atoms with Gasteiger partial charge in [0.1, 0.15) is 0 Å². The Hall–Kier alpha value is -1.60. The van der Waals surface area contributed by atoms with Crippen molar-refractivity contribution < 1.29 is 18.3 Å². The van der Waals surface area contributed by atoms with Crippen molar-refractivity contribution in [3.05, 3.63) is 28.8 Å². The Labute approximate surface area is 266 Å². The molecular formula is C36H66N2O4S. The van der Waals surface area contributed by atoms with Gasteiger partial charge < -0.3 is 5.11 Å². The van der Waals surface area contributed by atoms with Gasteiger partial charge in [0.05, 0.1) is 5.69 Å². The molecule has 0 aliphatic heterocycles. The Balaban J connectivity index is 3.35. The number of carboxylic acid groups (broad SMARTS) is 1. The molecular weight excluding hydrogens is 556 g/mol. The predicted octanol–water partition coefficient (Wildman–Crippen LogP) is 10.9. The Bertz CT molecular complexity index is 999. The van der Waals surface area contributed by atoms with E-state index in [-0.39, 0.29) is 0 Å². The summed E-state index contributed by atoms with van der Waals surface area (Å²) in [6, 6.07) is 3.91. The van der Waals surface area contributed by atoms with Crippen LogP contribution in [0.4, 0.5) is 10.5 Å². The SMILES string of the molecule is CCCCCCCCCCN(CCCCCCCCCC)S(=O)(=O)N(C(=O)O)c1c(C(C)(C)C)cc(C)cc1C(C)(C)C. The monoisotopic (exact) mass is 622 g/mol. The van der Waals surface area contributed by atoms with Crippen LogP contribution in [-0.4, -0.2) is 37.0 Å². The maximum Gasteiger partial charge on any atom is 0.426 e. The third-order valence-corrected chi connectivity index (χ3v) is 10.1. The second-order valence-electron chi connectivity index (χ2n) is 14.6. The topological polar surface area (TPSA) is 77.9 Å². The van der Waals surface area contributed by atoms with E-state index in [2.05, 4.69) is 13.8 Å². The van der Waals surface area contributed by atoms with Crippen LogP contribution in [0.3, 0.4) is 0 Å². The predicted molar refractivity (Wildman–Crippen MR) is 185 cm³/mol. The average Bonchev–Trinajstić information content (AvgIpc) is 2.89. The van der Waals surface area contributed by atoms with Gasteiger partial charge in [0.15, 0.2) is 0 Å². The number of benzene rings is 1. The lowest BCUT2D eigenvalue weighted by Gasteiger charge is -2.36. The zero-order valence-corrected chi connectivity index (χ0v) is 30.2. The minimum Gasteiger partial charge on any atom is -0.464 e. The summed E-state index contributed by atoms with van der Waals surface area (Å²) >= 11 is 0. The van der Waals surface area contributed by atoms with Gasteiger partial charge in [-0.25, -0.2) is 4.79 Å².